The smallest absolute Gasteiger partial charge is 0.272 e. The summed E-state index contributed by atoms with van der Waals surface area (Å²) in [5.74, 6) is 0.0876. The Bertz CT molecular complexity index is 978. The Labute approximate surface area is 167 Å². The van der Waals surface area contributed by atoms with Gasteiger partial charge in [0.05, 0.1) is 22.0 Å². The van der Waals surface area contributed by atoms with Crippen molar-refractivity contribution >= 4 is 35.3 Å². The average Bonchev–Trinajstić information content (AvgIpc) is 3.14. The fourth-order valence-corrected chi connectivity index (χ4v) is 2.73. The fraction of sp³-hybridized carbons (Fsp3) is 0.150. The Balaban J connectivity index is 1.64. The molecule has 0 saturated heterocycles. The van der Waals surface area contributed by atoms with Crippen molar-refractivity contribution in [3.63, 3.8) is 0 Å². The van der Waals surface area contributed by atoms with Crippen LogP contribution in [0.1, 0.15) is 41.4 Å². The van der Waals surface area contributed by atoms with Crippen LogP contribution in [0.15, 0.2) is 53.6 Å². The minimum atomic E-state index is -0.385. The predicted molar refractivity (Wildman–Crippen MR) is 110 cm³/mol. The molecule has 0 aliphatic rings. The van der Waals surface area contributed by atoms with Crippen molar-refractivity contribution < 1.29 is 4.79 Å². The minimum absolute atomic E-state index is 0.295. The lowest BCUT2D eigenvalue weighted by Gasteiger charge is -2.04. The van der Waals surface area contributed by atoms with Gasteiger partial charge in [-0.1, -0.05) is 67.4 Å². The molecule has 0 aliphatic carbocycles. The zero-order valence-corrected chi connectivity index (χ0v) is 16.3. The molecule has 0 bridgehead atoms. The summed E-state index contributed by atoms with van der Waals surface area (Å²) in [5.41, 5.74) is 6.28. The zero-order valence-electron chi connectivity index (χ0n) is 14.8. The molecule has 3 aromatic rings. The van der Waals surface area contributed by atoms with Crippen molar-refractivity contribution in [1.82, 2.24) is 15.6 Å². The van der Waals surface area contributed by atoms with E-state index in [4.69, 9.17) is 23.2 Å². The van der Waals surface area contributed by atoms with Crippen LogP contribution in [0, 0.1) is 0 Å². The van der Waals surface area contributed by atoms with Crippen molar-refractivity contribution in [3.05, 3.63) is 75.4 Å². The molecule has 0 atom stereocenters. The number of amides is 1. The number of rotatable bonds is 5. The van der Waals surface area contributed by atoms with Gasteiger partial charge in [-0.15, -0.1) is 0 Å². The van der Waals surface area contributed by atoms with Crippen LogP contribution in [0.5, 0.6) is 0 Å². The first-order chi connectivity index (χ1) is 12.9. The van der Waals surface area contributed by atoms with Gasteiger partial charge in [0.15, 0.2) is 0 Å². The molecule has 1 heterocycles. The lowest BCUT2D eigenvalue weighted by molar-refractivity contribution is 0.0950. The van der Waals surface area contributed by atoms with Crippen LogP contribution < -0.4 is 5.43 Å². The summed E-state index contributed by atoms with van der Waals surface area (Å²) in [6, 6.07) is 14.8. The van der Waals surface area contributed by atoms with E-state index in [1.807, 2.05) is 24.3 Å². The number of aromatic nitrogens is 2. The number of nitrogens with zero attached hydrogens (tertiary/aromatic N) is 2. The number of hydrogen-bond donors (Lipinski definition) is 2. The normalized spacial score (nSPS) is 11.3. The van der Waals surface area contributed by atoms with Crippen LogP contribution in [0.2, 0.25) is 10.0 Å². The van der Waals surface area contributed by atoms with Crippen LogP contribution in [0.3, 0.4) is 0 Å². The lowest BCUT2D eigenvalue weighted by Crippen LogP contribution is -2.18. The number of benzene rings is 2. The molecule has 3 rings (SSSR count). The second-order valence-corrected chi connectivity index (χ2v) is 7.13. The van der Waals surface area contributed by atoms with Gasteiger partial charge in [0.2, 0.25) is 0 Å². The summed E-state index contributed by atoms with van der Waals surface area (Å²) >= 11 is 11.9. The van der Waals surface area contributed by atoms with Gasteiger partial charge >= 0.3 is 0 Å². The van der Waals surface area contributed by atoms with Crippen LogP contribution in [-0.4, -0.2) is 22.3 Å². The van der Waals surface area contributed by atoms with E-state index >= 15 is 0 Å². The number of hydrazone groups is 1. The Kier molecular flexibility index (Phi) is 5.94. The van der Waals surface area contributed by atoms with E-state index in [2.05, 4.69) is 34.6 Å². The molecule has 0 fully saturated rings. The highest BCUT2D eigenvalue weighted by Gasteiger charge is 2.11. The second kappa shape index (κ2) is 8.37. The highest BCUT2D eigenvalue weighted by atomic mass is 35.5. The van der Waals surface area contributed by atoms with Gasteiger partial charge in [-0.3, -0.25) is 9.89 Å². The molecule has 2 aromatic carbocycles. The maximum Gasteiger partial charge on any atom is 0.289 e. The van der Waals surface area contributed by atoms with Crippen molar-refractivity contribution in [2.45, 2.75) is 19.8 Å². The van der Waals surface area contributed by atoms with Gasteiger partial charge in [-0.2, -0.15) is 10.2 Å². The number of carbonyl (C=O) groups excluding carboxylic acids is 1. The highest BCUT2D eigenvalue weighted by Crippen LogP contribution is 2.27. The number of halogens is 2. The fourth-order valence-electron chi connectivity index (χ4n) is 2.43. The first kappa shape index (κ1) is 19.1. The lowest BCUT2D eigenvalue weighted by atomic mass is 10.0. The molecule has 27 heavy (non-hydrogen) atoms. The van der Waals surface area contributed by atoms with Crippen LogP contribution >= 0.6 is 23.2 Å². The Hall–Kier alpha value is -2.63. The van der Waals surface area contributed by atoms with Crippen molar-refractivity contribution in [1.29, 1.82) is 0 Å². The third-order valence-electron chi connectivity index (χ3n) is 4.02. The molecule has 2 N–H and O–H groups in total. The number of nitrogens with one attached hydrogen (secondary N) is 2. The first-order valence-corrected chi connectivity index (χ1v) is 9.14. The van der Waals surface area contributed by atoms with Gasteiger partial charge in [0.25, 0.3) is 5.91 Å². The Morgan fingerprint density at radius 2 is 1.85 bits per heavy atom. The van der Waals surface area contributed by atoms with E-state index in [1.165, 1.54) is 5.56 Å². The Morgan fingerprint density at radius 1 is 1.11 bits per heavy atom. The van der Waals surface area contributed by atoms with Gasteiger partial charge < -0.3 is 0 Å². The molecule has 0 spiro atoms. The molecule has 0 saturated carbocycles. The molecule has 7 heteroatoms. The van der Waals surface area contributed by atoms with Crippen LogP contribution in [0.4, 0.5) is 0 Å². The topological polar surface area (TPSA) is 70.1 Å². The maximum atomic E-state index is 12.2. The standard InChI is InChI=1S/C20H18Cl2N4O/c1-12(2)14-5-3-13(4-6-14)11-23-26-20(27)19-10-18(24-25-19)15-7-8-16(21)17(22)9-15/h3-12H,1-2H3,(H,24,25)(H,26,27)/b23-11+. The van der Waals surface area contributed by atoms with E-state index in [0.717, 1.165) is 11.1 Å². The minimum Gasteiger partial charge on any atom is -0.272 e. The van der Waals surface area contributed by atoms with Crippen molar-refractivity contribution in [3.8, 4) is 11.3 Å². The van der Waals surface area contributed by atoms with Gasteiger partial charge in [-0.25, -0.2) is 5.43 Å². The van der Waals surface area contributed by atoms with E-state index < -0.39 is 0 Å². The summed E-state index contributed by atoms with van der Waals surface area (Å²) in [6.07, 6.45) is 1.60. The van der Waals surface area contributed by atoms with Gasteiger partial charge in [0, 0.05) is 5.56 Å². The van der Waals surface area contributed by atoms with Crippen molar-refractivity contribution in [2.75, 3.05) is 0 Å². The van der Waals surface area contributed by atoms with Crippen LogP contribution in [-0.2, 0) is 0 Å². The van der Waals surface area contributed by atoms with E-state index in [1.54, 1.807) is 30.5 Å². The third-order valence-corrected chi connectivity index (χ3v) is 4.76. The number of carbonyl (C=O) groups is 1. The second-order valence-electron chi connectivity index (χ2n) is 6.32. The third kappa shape index (κ3) is 4.76. The number of hydrogen-bond acceptors (Lipinski definition) is 3. The Morgan fingerprint density at radius 3 is 2.52 bits per heavy atom. The predicted octanol–water partition coefficient (Wildman–Crippen LogP) is 5.27. The molecule has 1 aromatic heterocycles. The maximum absolute atomic E-state index is 12.2. The van der Waals surface area contributed by atoms with E-state index in [-0.39, 0.29) is 5.91 Å². The molecule has 138 valence electrons. The summed E-state index contributed by atoms with van der Waals surface area (Å²) in [7, 11) is 0. The summed E-state index contributed by atoms with van der Waals surface area (Å²) in [4.78, 5) is 12.2. The summed E-state index contributed by atoms with van der Waals surface area (Å²) in [6.45, 7) is 4.28. The SMILES string of the molecule is CC(C)c1ccc(/C=N/NC(=O)c2cc(-c3ccc(Cl)c(Cl)c3)n[nH]2)cc1. The molecule has 0 radical (unpaired) electrons. The summed E-state index contributed by atoms with van der Waals surface area (Å²) in [5, 5.41) is 11.7. The monoisotopic (exact) mass is 400 g/mol. The summed E-state index contributed by atoms with van der Waals surface area (Å²) < 4.78 is 0. The number of H-pyrrole nitrogens is 1. The van der Waals surface area contributed by atoms with Gasteiger partial charge in [0.1, 0.15) is 5.69 Å². The largest absolute Gasteiger partial charge is 0.289 e. The quantitative estimate of drug-likeness (QED) is 0.452. The average molecular weight is 401 g/mol. The van der Waals surface area contributed by atoms with Crippen LogP contribution in [0.25, 0.3) is 11.3 Å². The highest BCUT2D eigenvalue weighted by molar-refractivity contribution is 6.42. The first-order valence-electron chi connectivity index (χ1n) is 8.38. The molecule has 0 aliphatic heterocycles. The molecule has 1 amide bonds. The molecular weight excluding hydrogens is 383 g/mol. The van der Waals surface area contributed by atoms with Crippen molar-refractivity contribution in [2.24, 2.45) is 5.10 Å². The number of aromatic amines is 1. The molecular formula is C20H18Cl2N4O. The van der Waals surface area contributed by atoms with E-state index in [0.29, 0.717) is 27.4 Å². The molecule has 5 nitrogen and oxygen atoms in total. The van der Waals surface area contributed by atoms with Gasteiger partial charge in [-0.05, 0) is 35.2 Å². The zero-order chi connectivity index (χ0) is 19.4. The van der Waals surface area contributed by atoms with E-state index in [9.17, 15) is 4.79 Å². The molecule has 0 unspecified atom stereocenters.